The van der Waals surface area contributed by atoms with E-state index in [1.165, 1.54) is 36.4 Å². The second-order valence-electron chi connectivity index (χ2n) is 8.73. The number of para-hydroxylation sites is 1. The van der Waals surface area contributed by atoms with E-state index in [1.807, 2.05) is 38.1 Å². The van der Waals surface area contributed by atoms with Gasteiger partial charge in [0, 0.05) is 19.8 Å². The molecule has 4 rings (SSSR count). The standard InChI is InChI=1S/C29H27FN2O3S/c1-21-9-19-27(20-10-21)36(34,35)32(26-7-5-4-6-8-26)29(33)28(22-11-15-24(30)16-12-22)23-13-17-25(18-14-23)31(2)3/h4-20,28H,1-3H3. The van der Waals surface area contributed by atoms with Crippen molar-refractivity contribution in [2.75, 3.05) is 23.3 Å². The Morgan fingerprint density at radius 1 is 0.722 bits per heavy atom. The average molecular weight is 503 g/mol. The van der Waals surface area contributed by atoms with Crippen LogP contribution in [0.3, 0.4) is 0 Å². The van der Waals surface area contributed by atoms with E-state index in [0.29, 0.717) is 11.1 Å². The fourth-order valence-corrected chi connectivity index (χ4v) is 5.41. The molecule has 0 heterocycles. The molecule has 0 saturated heterocycles. The van der Waals surface area contributed by atoms with Crippen molar-refractivity contribution < 1.29 is 17.6 Å². The lowest BCUT2D eigenvalue weighted by Crippen LogP contribution is -2.40. The lowest BCUT2D eigenvalue weighted by Gasteiger charge is -2.28. The summed E-state index contributed by atoms with van der Waals surface area (Å²) in [5.41, 5.74) is 3.13. The van der Waals surface area contributed by atoms with E-state index in [1.54, 1.807) is 54.6 Å². The summed E-state index contributed by atoms with van der Waals surface area (Å²) in [5.74, 6) is -2.09. The SMILES string of the molecule is Cc1ccc(S(=O)(=O)N(C(=O)C(c2ccc(F)cc2)c2ccc(N(C)C)cc2)c2ccccc2)cc1. The fraction of sp³-hybridized carbons (Fsp3) is 0.138. The quantitative estimate of drug-likeness (QED) is 0.323. The van der Waals surface area contributed by atoms with Crippen LogP contribution >= 0.6 is 0 Å². The minimum atomic E-state index is -4.26. The molecule has 0 saturated carbocycles. The number of carbonyl (C=O) groups is 1. The van der Waals surface area contributed by atoms with Crippen molar-refractivity contribution in [3.05, 3.63) is 126 Å². The van der Waals surface area contributed by atoms with Gasteiger partial charge in [0.25, 0.3) is 15.9 Å². The monoisotopic (exact) mass is 502 g/mol. The van der Waals surface area contributed by atoms with Crippen molar-refractivity contribution in [3.63, 3.8) is 0 Å². The van der Waals surface area contributed by atoms with Crippen LogP contribution in [-0.2, 0) is 14.8 Å². The molecule has 4 aromatic carbocycles. The van der Waals surface area contributed by atoms with Crippen molar-refractivity contribution in [1.29, 1.82) is 0 Å². The summed E-state index contributed by atoms with van der Waals surface area (Å²) in [5, 5.41) is 0. The number of benzene rings is 4. The van der Waals surface area contributed by atoms with Gasteiger partial charge in [-0.05, 0) is 66.6 Å². The molecular formula is C29H27FN2O3S. The van der Waals surface area contributed by atoms with Gasteiger partial charge in [0.15, 0.2) is 0 Å². The molecule has 7 heteroatoms. The minimum Gasteiger partial charge on any atom is -0.378 e. The molecule has 0 aliphatic rings. The van der Waals surface area contributed by atoms with Crippen LogP contribution in [0.25, 0.3) is 0 Å². The summed E-state index contributed by atoms with van der Waals surface area (Å²) in [7, 11) is -0.448. The molecule has 1 unspecified atom stereocenters. The summed E-state index contributed by atoms with van der Waals surface area (Å²) >= 11 is 0. The number of nitrogens with zero attached hydrogens (tertiary/aromatic N) is 2. The van der Waals surface area contributed by atoms with Gasteiger partial charge < -0.3 is 4.90 Å². The van der Waals surface area contributed by atoms with Crippen LogP contribution in [0.5, 0.6) is 0 Å². The highest BCUT2D eigenvalue weighted by Gasteiger charge is 2.37. The Morgan fingerprint density at radius 2 is 1.25 bits per heavy atom. The second kappa shape index (κ2) is 10.3. The molecule has 0 bridgehead atoms. The Balaban J connectivity index is 1.90. The van der Waals surface area contributed by atoms with E-state index in [2.05, 4.69) is 0 Å². The molecule has 0 aromatic heterocycles. The molecule has 4 aromatic rings. The first-order valence-corrected chi connectivity index (χ1v) is 12.9. The number of carbonyl (C=O) groups excluding carboxylic acids is 1. The van der Waals surface area contributed by atoms with E-state index in [4.69, 9.17) is 0 Å². The molecule has 0 aliphatic carbocycles. The molecule has 184 valence electrons. The van der Waals surface area contributed by atoms with Crippen LogP contribution in [0.1, 0.15) is 22.6 Å². The number of aryl methyl sites for hydroxylation is 1. The first kappa shape index (κ1) is 25.1. The van der Waals surface area contributed by atoms with Crippen molar-refractivity contribution in [3.8, 4) is 0 Å². The molecule has 0 aliphatic heterocycles. The van der Waals surface area contributed by atoms with Gasteiger partial charge in [-0.25, -0.2) is 17.1 Å². The number of hydrogen-bond acceptors (Lipinski definition) is 4. The molecule has 1 amide bonds. The van der Waals surface area contributed by atoms with Crippen LogP contribution in [0.2, 0.25) is 0 Å². The maximum absolute atomic E-state index is 14.3. The predicted octanol–water partition coefficient (Wildman–Crippen LogP) is 5.75. The molecule has 0 N–H and O–H groups in total. The van der Waals surface area contributed by atoms with E-state index in [-0.39, 0.29) is 10.6 Å². The second-order valence-corrected chi connectivity index (χ2v) is 10.5. The summed E-state index contributed by atoms with van der Waals surface area (Å²) < 4.78 is 42.4. The number of anilines is 2. The molecule has 0 fully saturated rings. The van der Waals surface area contributed by atoms with Crippen LogP contribution in [0, 0.1) is 12.7 Å². The van der Waals surface area contributed by atoms with Crippen LogP contribution < -0.4 is 9.21 Å². The Morgan fingerprint density at radius 3 is 1.78 bits per heavy atom. The normalized spacial score (nSPS) is 12.1. The van der Waals surface area contributed by atoms with Gasteiger partial charge in [0.1, 0.15) is 5.82 Å². The van der Waals surface area contributed by atoms with Gasteiger partial charge in [-0.1, -0.05) is 60.2 Å². The zero-order chi connectivity index (χ0) is 25.9. The largest absolute Gasteiger partial charge is 0.378 e. The van der Waals surface area contributed by atoms with Crippen LogP contribution in [0.4, 0.5) is 15.8 Å². The Labute approximate surface area is 211 Å². The van der Waals surface area contributed by atoms with Crippen LogP contribution in [-0.4, -0.2) is 28.4 Å². The highest BCUT2D eigenvalue weighted by atomic mass is 32.2. The zero-order valence-corrected chi connectivity index (χ0v) is 21.1. The van der Waals surface area contributed by atoms with E-state index in [9.17, 15) is 17.6 Å². The topological polar surface area (TPSA) is 57.7 Å². The minimum absolute atomic E-state index is 0.00566. The van der Waals surface area contributed by atoms with Gasteiger partial charge in [-0.15, -0.1) is 0 Å². The van der Waals surface area contributed by atoms with E-state index in [0.717, 1.165) is 15.6 Å². The lowest BCUT2D eigenvalue weighted by molar-refractivity contribution is -0.118. The summed E-state index contributed by atoms with van der Waals surface area (Å²) in [6, 6.07) is 27.5. The lowest BCUT2D eigenvalue weighted by atomic mass is 9.90. The van der Waals surface area contributed by atoms with Crippen molar-refractivity contribution >= 4 is 27.3 Å². The summed E-state index contributed by atoms with van der Waals surface area (Å²) in [6.45, 7) is 1.86. The summed E-state index contributed by atoms with van der Waals surface area (Å²) in [6.07, 6.45) is 0. The first-order valence-electron chi connectivity index (χ1n) is 11.4. The molecular weight excluding hydrogens is 475 g/mol. The van der Waals surface area contributed by atoms with Crippen LogP contribution in [0.15, 0.2) is 108 Å². The third kappa shape index (κ3) is 5.16. The van der Waals surface area contributed by atoms with E-state index < -0.39 is 27.7 Å². The summed E-state index contributed by atoms with van der Waals surface area (Å²) in [4.78, 5) is 16.2. The molecule has 0 spiro atoms. The molecule has 5 nitrogen and oxygen atoms in total. The number of halogens is 1. The molecule has 1 atom stereocenters. The highest BCUT2D eigenvalue weighted by Crippen LogP contribution is 2.33. The van der Waals surface area contributed by atoms with E-state index >= 15 is 0 Å². The zero-order valence-electron chi connectivity index (χ0n) is 20.3. The maximum Gasteiger partial charge on any atom is 0.270 e. The third-order valence-corrected chi connectivity index (χ3v) is 7.68. The number of amides is 1. The Kier molecular flexibility index (Phi) is 7.22. The molecule has 36 heavy (non-hydrogen) atoms. The molecule has 0 radical (unpaired) electrons. The van der Waals surface area contributed by atoms with Crippen molar-refractivity contribution in [2.45, 2.75) is 17.7 Å². The van der Waals surface area contributed by atoms with Gasteiger partial charge in [-0.3, -0.25) is 4.79 Å². The first-order chi connectivity index (χ1) is 17.2. The number of sulfonamides is 1. The highest BCUT2D eigenvalue weighted by molar-refractivity contribution is 7.93. The van der Waals surface area contributed by atoms with Gasteiger partial charge in [-0.2, -0.15) is 0 Å². The van der Waals surface area contributed by atoms with Gasteiger partial charge in [0.05, 0.1) is 16.5 Å². The Hall–Kier alpha value is -3.97. The van der Waals surface area contributed by atoms with Crippen molar-refractivity contribution in [1.82, 2.24) is 0 Å². The number of hydrogen-bond donors (Lipinski definition) is 0. The average Bonchev–Trinajstić information content (AvgIpc) is 2.86. The smallest absolute Gasteiger partial charge is 0.270 e. The van der Waals surface area contributed by atoms with Gasteiger partial charge in [0.2, 0.25) is 0 Å². The van der Waals surface area contributed by atoms with Crippen molar-refractivity contribution in [2.24, 2.45) is 0 Å². The Bertz CT molecular complexity index is 1440. The van der Waals surface area contributed by atoms with Gasteiger partial charge >= 0.3 is 0 Å². The number of rotatable bonds is 7. The predicted molar refractivity (Wildman–Crippen MR) is 141 cm³/mol. The fourth-order valence-electron chi connectivity index (χ4n) is 3.98. The maximum atomic E-state index is 14.3. The third-order valence-electron chi connectivity index (χ3n) is 5.94.